The summed E-state index contributed by atoms with van der Waals surface area (Å²) in [7, 11) is 0. The average molecular weight is 371 g/mol. The Balaban J connectivity index is 1.69. The van der Waals surface area contributed by atoms with Crippen molar-refractivity contribution in [2.75, 3.05) is 11.4 Å². The lowest BCUT2D eigenvalue weighted by Gasteiger charge is -2.21. The number of pyridine rings is 1. The third-order valence-corrected chi connectivity index (χ3v) is 5.04. The van der Waals surface area contributed by atoms with Crippen LogP contribution in [-0.2, 0) is 11.2 Å². The van der Waals surface area contributed by atoms with Crippen molar-refractivity contribution in [2.24, 2.45) is 0 Å². The van der Waals surface area contributed by atoms with Crippen LogP contribution in [0.25, 0.3) is 0 Å². The highest BCUT2D eigenvalue weighted by Crippen LogP contribution is 2.32. The lowest BCUT2D eigenvalue weighted by atomic mass is 9.97. The lowest BCUT2D eigenvalue weighted by Crippen LogP contribution is -2.29. The van der Waals surface area contributed by atoms with Crippen molar-refractivity contribution in [1.82, 2.24) is 10.3 Å². The number of aromatic nitrogens is 1. The van der Waals surface area contributed by atoms with Crippen molar-refractivity contribution in [3.63, 3.8) is 0 Å². The fourth-order valence-electron chi connectivity index (χ4n) is 3.64. The molecule has 0 saturated heterocycles. The van der Waals surface area contributed by atoms with E-state index in [1.807, 2.05) is 42.5 Å². The zero-order valence-electron chi connectivity index (χ0n) is 15.6. The van der Waals surface area contributed by atoms with Gasteiger partial charge in [-0.25, -0.2) is 0 Å². The second-order valence-electron chi connectivity index (χ2n) is 6.87. The minimum absolute atomic E-state index is 0.0488. The van der Waals surface area contributed by atoms with Crippen molar-refractivity contribution < 1.29 is 9.59 Å². The number of anilines is 1. The van der Waals surface area contributed by atoms with E-state index in [0.29, 0.717) is 12.1 Å². The Labute approximate surface area is 164 Å². The van der Waals surface area contributed by atoms with Crippen LogP contribution in [0.15, 0.2) is 73.1 Å². The topological polar surface area (TPSA) is 62.3 Å². The fraction of sp³-hybridized carbons (Fsp3) is 0.174. The molecule has 0 aliphatic carbocycles. The second kappa shape index (κ2) is 7.64. The maximum absolute atomic E-state index is 12.8. The Kier molecular flexibility index (Phi) is 4.89. The van der Waals surface area contributed by atoms with E-state index in [0.717, 1.165) is 28.8 Å². The summed E-state index contributed by atoms with van der Waals surface area (Å²) in [5, 5.41) is 3.13. The van der Waals surface area contributed by atoms with Gasteiger partial charge < -0.3 is 10.2 Å². The van der Waals surface area contributed by atoms with Gasteiger partial charge in [0.25, 0.3) is 5.91 Å². The van der Waals surface area contributed by atoms with Crippen molar-refractivity contribution >= 4 is 17.5 Å². The number of amides is 2. The van der Waals surface area contributed by atoms with Crippen molar-refractivity contribution in [3.05, 3.63) is 95.3 Å². The summed E-state index contributed by atoms with van der Waals surface area (Å²) in [4.78, 5) is 30.6. The number of hydrogen-bond donors (Lipinski definition) is 1. The molecular formula is C23H21N3O2. The number of carbonyl (C=O) groups excluding carboxylic acids is 2. The smallest absolute Gasteiger partial charge is 0.252 e. The molecule has 4 rings (SSSR count). The molecule has 5 nitrogen and oxygen atoms in total. The molecule has 3 aromatic rings. The minimum atomic E-state index is -0.321. The molecule has 1 aliphatic rings. The minimum Gasteiger partial charge on any atom is -0.341 e. The SMILES string of the molecule is CC(=O)N1CCc2cc(C(NC(=O)c3ccccc3)c3cccnc3)ccc21. The van der Waals surface area contributed by atoms with Gasteiger partial charge in [-0.3, -0.25) is 14.6 Å². The summed E-state index contributed by atoms with van der Waals surface area (Å²) < 4.78 is 0. The first kappa shape index (κ1) is 17.9. The van der Waals surface area contributed by atoms with Crippen LogP contribution in [0.2, 0.25) is 0 Å². The highest BCUT2D eigenvalue weighted by atomic mass is 16.2. The van der Waals surface area contributed by atoms with E-state index in [2.05, 4.69) is 16.4 Å². The van der Waals surface area contributed by atoms with Crippen molar-refractivity contribution in [1.29, 1.82) is 0 Å². The summed E-state index contributed by atoms with van der Waals surface area (Å²) in [6.45, 7) is 2.28. The predicted octanol–water partition coefficient (Wildman–Crippen LogP) is 3.51. The number of nitrogens with one attached hydrogen (secondary N) is 1. The molecule has 2 aromatic carbocycles. The number of benzene rings is 2. The quantitative estimate of drug-likeness (QED) is 0.763. The van der Waals surface area contributed by atoms with Crippen molar-refractivity contribution in [2.45, 2.75) is 19.4 Å². The van der Waals surface area contributed by atoms with Crippen molar-refractivity contribution in [3.8, 4) is 0 Å². The van der Waals surface area contributed by atoms with Crippen LogP contribution in [0.4, 0.5) is 5.69 Å². The molecule has 2 amide bonds. The van der Waals surface area contributed by atoms with Gasteiger partial charge in [-0.15, -0.1) is 0 Å². The molecule has 0 saturated carbocycles. The summed E-state index contributed by atoms with van der Waals surface area (Å²) in [6.07, 6.45) is 4.30. The van der Waals surface area contributed by atoms with Gasteiger partial charge in [0.15, 0.2) is 0 Å². The average Bonchev–Trinajstić information content (AvgIpc) is 3.16. The molecule has 0 spiro atoms. The van der Waals surface area contributed by atoms with E-state index in [-0.39, 0.29) is 17.9 Å². The van der Waals surface area contributed by atoms with Crippen LogP contribution in [-0.4, -0.2) is 23.3 Å². The summed E-state index contributed by atoms with van der Waals surface area (Å²) in [5.41, 5.74) is 4.57. The Morgan fingerprint density at radius 1 is 1.04 bits per heavy atom. The Hall–Kier alpha value is -3.47. The van der Waals surface area contributed by atoms with Crippen LogP contribution in [0.1, 0.15) is 40.0 Å². The molecule has 1 atom stereocenters. The maximum Gasteiger partial charge on any atom is 0.252 e. The largest absolute Gasteiger partial charge is 0.341 e. The highest BCUT2D eigenvalue weighted by Gasteiger charge is 2.25. The highest BCUT2D eigenvalue weighted by molar-refractivity contribution is 5.95. The molecule has 2 heterocycles. The van der Waals surface area contributed by atoms with E-state index < -0.39 is 0 Å². The fourth-order valence-corrected chi connectivity index (χ4v) is 3.64. The van der Waals surface area contributed by atoms with E-state index >= 15 is 0 Å². The van der Waals surface area contributed by atoms with Gasteiger partial charge in [0, 0.05) is 37.1 Å². The Morgan fingerprint density at radius 2 is 1.86 bits per heavy atom. The molecule has 0 bridgehead atoms. The predicted molar refractivity (Wildman–Crippen MR) is 108 cm³/mol. The van der Waals surface area contributed by atoms with Gasteiger partial charge in [0.1, 0.15) is 0 Å². The maximum atomic E-state index is 12.8. The number of hydrogen-bond acceptors (Lipinski definition) is 3. The number of nitrogens with zero attached hydrogens (tertiary/aromatic N) is 2. The Bertz CT molecular complexity index is 1000. The monoisotopic (exact) mass is 371 g/mol. The van der Waals surface area contributed by atoms with Crippen LogP contribution >= 0.6 is 0 Å². The number of fused-ring (bicyclic) bond motifs is 1. The third kappa shape index (κ3) is 3.51. The first-order chi connectivity index (χ1) is 13.6. The molecule has 0 radical (unpaired) electrons. The lowest BCUT2D eigenvalue weighted by molar-refractivity contribution is -0.116. The molecule has 1 N–H and O–H groups in total. The Morgan fingerprint density at radius 3 is 2.57 bits per heavy atom. The molecule has 1 unspecified atom stereocenters. The first-order valence-corrected chi connectivity index (χ1v) is 9.30. The van der Waals surface area contributed by atoms with Gasteiger partial charge in [0.2, 0.25) is 5.91 Å². The van der Waals surface area contributed by atoms with Gasteiger partial charge in [-0.2, -0.15) is 0 Å². The van der Waals surface area contributed by atoms with Gasteiger partial charge >= 0.3 is 0 Å². The molecular weight excluding hydrogens is 350 g/mol. The third-order valence-electron chi connectivity index (χ3n) is 5.04. The van der Waals surface area contributed by atoms with Crippen LogP contribution in [0.5, 0.6) is 0 Å². The molecule has 28 heavy (non-hydrogen) atoms. The number of carbonyl (C=O) groups is 2. The van der Waals surface area contributed by atoms with E-state index in [4.69, 9.17) is 0 Å². The zero-order valence-corrected chi connectivity index (χ0v) is 15.6. The standard InChI is InChI=1S/C23H21N3O2/c1-16(27)26-13-11-18-14-19(9-10-21(18)26)22(20-8-5-12-24-15-20)25-23(28)17-6-3-2-4-7-17/h2-10,12,14-15,22H,11,13H2,1H3,(H,25,28). The van der Waals surface area contributed by atoms with Crippen LogP contribution in [0.3, 0.4) is 0 Å². The van der Waals surface area contributed by atoms with Crippen LogP contribution in [0, 0.1) is 0 Å². The summed E-state index contributed by atoms with van der Waals surface area (Å²) in [5.74, 6) is -0.0898. The van der Waals surface area contributed by atoms with Gasteiger partial charge in [-0.05, 0) is 47.4 Å². The van der Waals surface area contributed by atoms with Crippen LogP contribution < -0.4 is 10.2 Å². The zero-order chi connectivity index (χ0) is 19.5. The van der Waals surface area contributed by atoms with E-state index in [1.165, 1.54) is 0 Å². The van der Waals surface area contributed by atoms with E-state index in [9.17, 15) is 9.59 Å². The van der Waals surface area contributed by atoms with Gasteiger partial charge in [-0.1, -0.05) is 36.4 Å². The molecule has 1 aliphatic heterocycles. The van der Waals surface area contributed by atoms with Gasteiger partial charge in [0.05, 0.1) is 6.04 Å². The second-order valence-corrected chi connectivity index (χ2v) is 6.87. The normalized spacial score (nSPS) is 13.7. The molecule has 1 aromatic heterocycles. The molecule has 5 heteroatoms. The summed E-state index contributed by atoms with van der Waals surface area (Å²) >= 11 is 0. The summed E-state index contributed by atoms with van der Waals surface area (Å²) in [6, 6.07) is 18.7. The van der Waals surface area contributed by atoms with E-state index in [1.54, 1.807) is 36.4 Å². The molecule has 0 fully saturated rings. The molecule has 140 valence electrons. The number of rotatable bonds is 4. The first-order valence-electron chi connectivity index (χ1n) is 9.30.